The summed E-state index contributed by atoms with van der Waals surface area (Å²) in [6.45, 7) is 1.85. The van der Waals surface area contributed by atoms with Crippen molar-refractivity contribution >= 4 is 23.2 Å². The molecule has 4 heteroatoms. The molecule has 0 unspecified atom stereocenters. The zero-order valence-corrected chi connectivity index (χ0v) is 8.85. The Balaban J connectivity index is 3.12. The molecule has 0 saturated heterocycles. The number of aryl methyl sites for hydroxylation is 1. The van der Waals surface area contributed by atoms with Gasteiger partial charge in [0.05, 0.1) is 12.7 Å². The molecule has 74 valence electrons. The van der Waals surface area contributed by atoms with Crippen LogP contribution in [0.5, 0.6) is 0 Å². The Labute approximate surface area is 87.9 Å². The third-order valence-corrected chi connectivity index (χ3v) is 2.13. The van der Waals surface area contributed by atoms with Crippen LogP contribution in [0.2, 0.25) is 0 Å². The second kappa shape index (κ2) is 4.19. The largest absolute Gasteiger partial charge is 0.465 e. The second-order valence-corrected chi connectivity index (χ2v) is 3.33. The number of hydrogen-bond donors (Lipinski definition) is 1. The van der Waals surface area contributed by atoms with Gasteiger partial charge in [0.1, 0.15) is 4.99 Å². The summed E-state index contributed by atoms with van der Waals surface area (Å²) in [5.74, 6) is -0.359. The summed E-state index contributed by atoms with van der Waals surface area (Å²) in [5.41, 5.74) is 7.65. The average molecular weight is 209 g/mol. The van der Waals surface area contributed by atoms with Gasteiger partial charge in [0, 0.05) is 5.56 Å². The Hall–Kier alpha value is -1.42. The Morgan fingerprint density at radius 3 is 2.57 bits per heavy atom. The first-order chi connectivity index (χ1) is 6.56. The molecular weight excluding hydrogens is 198 g/mol. The van der Waals surface area contributed by atoms with Gasteiger partial charge in [0.15, 0.2) is 0 Å². The van der Waals surface area contributed by atoms with Crippen LogP contribution in [0.4, 0.5) is 0 Å². The molecule has 0 aliphatic rings. The Bertz CT molecular complexity index is 388. The predicted octanol–water partition coefficient (Wildman–Crippen LogP) is 1.42. The van der Waals surface area contributed by atoms with E-state index < -0.39 is 0 Å². The van der Waals surface area contributed by atoms with Crippen molar-refractivity contribution in [3.05, 3.63) is 34.9 Å². The zero-order valence-electron chi connectivity index (χ0n) is 8.03. The lowest BCUT2D eigenvalue weighted by atomic mass is 10.1. The summed E-state index contributed by atoms with van der Waals surface area (Å²) in [5, 5.41) is 0. The number of carbonyl (C=O) groups excluding carboxylic acids is 1. The van der Waals surface area contributed by atoms with E-state index >= 15 is 0 Å². The van der Waals surface area contributed by atoms with E-state index in [9.17, 15) is 4.79 Å². The van der Waals surface area contributed by atoms with Gasteiger partial charge in [-0.3, -0.25) is 0 Å². The second-order valence-electron chi connectivity index (χ2n) is 2.89. The number of esters is 1. The maximum Gasteiger partial charge on any atom is 0.337 e. The van der Waals surface area contributed by atoms with E-state index in [1.165, 1.54) is 7.11 Å². The molecule has 0 atom stereocenters. The minimum absolute atomic E-state index is 0.332. The number of rotatable bonds is 2. The number of carbonyl (C=O) groups is 1. The molecule has 1 aromatic rings. The van der Waals surface area contributed by atoms with Crippen LogP contribution in [0.15, 0.2) is 18.2 Å². The molecule has 0 spiro atoms. The van der Waals surface area contributed by atoms with Crippen molar-refractivity contribution in [2.75, 3.05) is 7.11 Å². The molecule has 3 nitrogen and oxygen atoms in total. The summed E-state index contributed by atoms with van der Waals surface area (Å²) >= 11 is 4.85. The first-order valence-electron chi connectivity index (χ1n) is 4.05. The number of methoxy groups -OCH3 is 1. The highest BCUT2D eigenvalue weighted by atomic mass is 32.1. The van der Waals surface area contributed by atoms with Gasteiger partial charge in [0.2, 0.25) is 0 Å². The molecule has 0 aromatic heterocycles. The molecule has 0 amide bonds. The zero-order chi connectivity index (χ0) is 10.7. The highest BCUT2D eigenvalue weighted by molar-refractivity contribution is 7.80. The van der Waals surface area contributed by atoms with Gasteiger partial charge in [-0.2, -0.15) is 0 Å². The molecule has 0 fully saturated rings. The maximum absolute atomic E-state index is 11.2. The minimum atomic E-state index is -0.359. The topological polar surface area (TPSA) is 52.3 Å². The van der Waals surface area contributed by atoms with Gasteiger partial charge in [-0.05, 0) is 24.6 Å². The molecule has 0 heterocycles. The van der Waals surface area contributed by atoms with Crippen LogP contribution < -0.4 is 5.73 Å². The number of hydrogen-bond acceptors (Lipinski definition) is 3. The van der Waals surface area contributed by atoms with Gasteiger partial charge >= 0.3 is 5.97 Å². The van der Waals surface area contributed by atoms with Crippen LogP contribution in [0, 0.1) is 6.92 Å². The van der Waals surface area contributed by atoms with Crippen molar-refractivity contribution in [1.29, 1.82) is 0 Å². The fourth-order valence-electron chi connectivity index (χ4n) is 1.18. The number of thiocarbonyl (C=S) groups is 1. The third-order valence-electron chi connectivity index (χ3n) is 1.91. The first-order valence-corrected chi connectivity index (χ1v) is 4.46. The third kappa shape index (κ3) is 2.09. The van der Waals surface area contributed by atoms with Gasteiger partial charge in [-0.1, -0.05) is 18.3 Å². The van der Waals surface area contributed by atoms with E-state index in [-0.39, 0.29) is 5.97 Å². The summed E-state index contributed by atoms with van der Waals surface area (Å²) in [4.78, 5) is 11.5. The number of benzene rings is 1. The van der Waals surface area contributed by atoms with E-state index in [4.69, 9.17) is 18.0 Å². The molecule has 0 saturated carbocycles. The Morgan fingerprint density at radius 2 is 2.14 bits per heavy atom. The van der Waals surface area contributed by atoms with Crippen LogP contribution in [-0.4, -0.2) is 18.1 Å². The van der Waals surface area contributed by atoms with Crippen LogP contribution in [0.25, 0.3) is 0 Å². The minimum Gasteiger partial charge on any atom is -0.465 e. The van der Waals surface area contributed by atoms with Crippen LogP contribution in [-0.2, 0) is 4.74 Å². The quantitative estimate of drug-likeness (QED) is 0.591. The average Bonchev–Trinajstić information content (AvgIpc) is 2.15. The molecule has 0 bridgehead atoms. The first kappa shape index (κ1) is 10.7. The van der Waals surface area contributed by atoms with E-state index in [0.717, 1.165) is 11.1 Å². The Kier molecular flexibility index (Phi) is 3.19. The summed E-state index contributed by atoms with van der Waals surface area (Å²) in [6.07, 6.45) is 0. The highest BCUT2D eigenvalue weighted by Gasteiger charge is 2.08. The molecule has 2 N–H and O–H groups in total. The maximum atomic E-state index is 11.2. The van der Waals surface area contributed by atoms with Gasteiger partial charge in [0.25, 0.3) is 0 Å². The summed E-state index contributed by atoms with van der Waals surface area (Å²) in [7, 11) is 1.35. The Morgan fingerprint density at radius 1 is 1.50 bits per heavy atom. The van der Waals surface area contributed by atoms with Gasteiger partial charge in [-0.25, -0.2) is 4.79 Å². The normalized spacial score (nSPS) is 9.57. The smallest absolute Gasteiger partial charge is 0.337 e. The van der Waals surface area contributed by atoms with Crippen molar-refractivity contribution < 1.29 is 9.53 Å². The van der Waals surface area contributed by atoms with Crippen molar-refractivity contribution in [1.82, 2.24) is 0 Å². The van der Waals surface area contributed by atoms with Crippen molar-refractivity contribution in [2.24, 2.45) is 5.73 Å². The molecule has 0 aliphatic heterocycles. The lowest BCUT2D eigenvalue weighted by molar-refractivity contribution is 0.0600. The molecule has 1 rings (SSSR count). The fourth-order valence-corrected chi connectivity index (χ4v) is 1.41. The molecular formula is C10H11NO2S. The van der Waals surface area contributed by atoms with E-state index in [2.05, 4.69) is 4.74 Å². The summed E-state index contributed by atoms with van der Waals surface area (Å²) < 4.78 is 4.59. The highest BCUT2D eigenvalue weighted by Crippen LogP contribution is 2.11. The van der Waals surface area contributed by atoms with Crippen LogP contribution in [0.1, 0.15) is 21.5 Å². The monoisotopic (exact) mass is 209 g/mol. The van der Waals surface area contributed by atoms with Crippen molar-refractivity contribution in [3.63, 3.8) is 0 Å². The number of ether oxygens (including phenoxy) is 1. The molecule has 14 heavy (non-hydrogen) atoms. The van der Waals surface area contributed by atoms with Crippen LogP contribution in [0.3, 0.4) is 0 Å². The lowest BCUT2D eigenvalue weighted by Crippen LogP contribution is -2.12. The predicted molar refractivity (Wildman–Crippen MR) is 58.4 cm³/mol. The fraction of sp³-hybridized carbons (Fsp3) is 0.200. The van der Waals surface area contributed by atoms with Gasteiger partial charge in [-0.15, -0.1) is 0 Å². The SMILES string of the molecule is COC(=O)c1ccc(C(N)=S)c(C)c1. The lowest BCUT2D eigenvalue weighted by Gasteiger charge is -2.05. The van der Waals surface area contributed by atoms with Crippen molar-refractivity contribution in [2.45, 2.75) is 6.92 Å². The number of nitrogens with two attached hydrogens (primary N) is 1. The van der Waals surface area contributed by atoms with Crippen molar-refractivity contribution in [3.8, 4) is 0 Å². The summed E-state index contributed by atoms with van der Waals surface area (Å²) in [6, 6.07) is 5.08. The van der Waals surface area contributed by atoms with E-state index in [1.54, 1.807) is 18.2 Å². The van der Waals surface area contributed by atoms with E-state index in [0.29, 0.717) is 10.6 Å². The standard InChI is InChI=1S/C10H11NO2S/c1-6-5-7(10(12)13-2)3-4-8(6)9(11)14/h3-5H,1-2H3,(H2,11,14). The van der Waals surface area contributed by atoms with Crippen LogP contribution >= 0.6 is 12.2 Å². The van der Waals surface area contributed by atoms with E-state index in [1.807, 2.05) is 6.92 Å². The molecule has 0 radical (unpaired) electrons. The van der Waals surface area contributed by atoms with Gasteiger partial charge < -0.3 is 10.5 Å². The molecule has 1 aromatic carbocycles. The molecule has 0 aliphatic carbocycles.